The van der Waals surface area contributed by atoms with Crippen molar-refractivity contribution in [3.8, 4) is 11.5 Å². The summed E-state index contributed by atoms with van der Waals surface area (Å²) in [5.74, 6) is 1.05. The van der Waals surface area contributed by atoms with Crippen LogP contribution in [0.2, 0.25) is 10.0 Å². The maximum Gasteiger partial charge on any atom is 0.163 e. The molecule has 0 spiro atoms. The number of benzene rings is 2. The highest BCUT2D eigenvalue weighted by molar-refractivity contribution is 6.31. The lowest BCUT2D eigenvalue weighted by Gasteiger charge is -2.13. The molecule has 3 nitrogen and oxygen atoms in total. The Bertz CT molecular complexity index is 600. The molecule has 0 aliphatic heterocycles. The molecule has 1 N–H and O–H groups in total. The minimum Gasteiger partial charge on any atom is -0.493 e. The molecule has 0 aliphatic rings. The Labute approximate surface area is 127 Å². The minimum absolute atomic E-state index is 0.149. The van der Waals surface area contributed by atoms with E-state index >= 15 is 0 Å². The molecule has 0 bridgehead atoms. The van der Waals surface area contributed by atoms with E-state index in [-0.39, 0.29) is 6.61 Å². The molecule has 0 fully saturated rings. The third kappa shape index (κ3) is 3.57. The number of halogens is 2. The molecule has 0 heterocycles. The zero-order valence-electron chi connectivity index (χ0n) is 10.9. The fraction of sp³-hybridized carbons (Fsp3) is 0.200. The van der Waals surface area contributed by atoms with E-state index in [1.165, 1.54) is 7.11 Å². The van der Waals surface area contributed by atoms with Gasteiger partial charge in [0, 0.05) is 11.1 Å². The van der Waals surface area contributed by atoms with E-state index < -0.39 is 0 Å². The van der Waals surface area contributed by atoms with Crippen LogP contribution < -0.4 is 9.47 Å². The molecule has 0 aliphatic carbocycles. The van der Waals surface area contributed by atoms with E-state index in [1.807, 2.05) is 18.2 Å². The van der Waals surface area contributed by atoms with Gasteiger partial charge in [-0.2, -0.15) is 0 Å². The number of aliphatic hydroxyl groups excluding tert-OH is 1. The van der Waals surface area contributed by atoms with Gasteiger partial charge in [0.1, 0.15) is 6.61 Å². The molecule has 0 amide bonds. The van der Waals surface area contributed by atoms with Crippen molar-refractivity contribution in [2.24, 2.45) is 0 Å². The molecular formula is C15H14Cl2O3. The van der Waals surface area contributed by atoms with Crippen molar-refractivity contribution in [3.05, 3.63) is 57.6 Å². The lowest BCUT2D eigenvalue weighted by Crippen LogP contribution is -1.99. The summed E-state index contributed by atoms with van der Waals surface area (Å²) in [7, 11) is 1.54. The molecule has 20 heavy (non-hydrogen) atoms. The molecule has 0 aromatic heterocycles. The summed E-state index contributed by atoms with van der Waals surface area (Å²) in [4.78, 5) is 0. The highest BCUT2D eigenvalue weighted by Crippen LogP contribution is 2.34. The SMILES string of the molecule is COc1cc(CO)c(Cl)cc1OCc1cccc(Cl)c1. The quantitative estimate of drug-likeness (QED) is 0.904. The molecule has 0 unspecified atom stereocenters. The van der Waals surface area contributed by atoms with Gasteiger partial charge in [-0.05, 0) is 29.3 Å². The predicted molar refractivity (Wildman–Crippen MR) is 79.7 cm³/mol. The highest BCUT2D eigenvalue weighted by Gasteiger charge is 2.10. The molecular weight excluding hydrogens is 299 g/mol. The zero-order valence-corrected chi connectivity index (χ0v) is 12.4. The fourth-order valence-electron chi connectivity index (χ4n) is 1.76. The molecule has 5 heteroatoms. The standard InChI is InChI=1S/C15H14Cl2O3/c1-19-14-6-11(8-18)13(17)7-15(14)20-9-10-3-2-4-12(16)5-10/h2-7,18H,8-9H2,1H3. The molecule has 2 aromatic carbocycles. The van der Waals surface area contributed by atoms with Gasteiger partial charge in [-0.25, -0.2) is 0 Å². The third-order valence-corrected chi connectivity index (χ3v) is 3.37. The highest BCUT2D eigenvalue weighted by atomic mass is 35.5. The van der Waals surface area contributed by atoms with Crippen molar-refractivity contribution >= 4 is 23.2 Å². The van der Waals surface area contributed by atoms with Crippen molar-refractivity contribution in [1.29, 1.82) is 0 Å². The lowest BCUT2D eigenvalue weighted by molar-refractivity contribution is 0.274. The summed E-state index contributed by atoms with van der Waals surface area (Å²) in [6.45, 7) is 0.204. The molecule has 106 valence electrons. The summed E-state index contributed by atoms with van der Waals surface area (Å²) in [6, 6.07) is 10.7. The first-order valence-corrected chi connectivity index (χ1v) is 6.74. The van der Waals surface area contributed by atoms with E-state index in [0.29, 0.717) is 33.7 Å². The average molecular weight is 313 g/mol. The Balaban J connectivity index is 2.18. The van der Waals surface area contributed by atoms with Crippen LogP contribution in [0.1, 0.15) is 11.1 Å². The third-order valence-electron chi connectivity index (χ3n) is 2.79. The maximum atomic E-state index is 9.17. The lowest BCUT2D eigenvalue weighted by atomic mass is 10.2. The second kappa shape index (κ2) is 6.84. The van der Waals surface area contributed by atoms with Crippen LogP contribution in [-0.4, -0.2) is 12.2 Å². The van der Waals surface area contributed by atoms with E-state index in [0.717, 1.165) is 5.56 Å². The molecule has 0 radical (unpaired) electrons. The van der Waals surface area contributed by atoms with Crippen molar-refractivity contribution in [1.82, 2.24) is 0 Å². The normalized spacial score (nSPS) is 10.4. The second-order valence-corrected chi connectivity index (χ2v) is 5.01. The van der Waals surface area contributed by atoms with Crippen LogP contribution in [0.4, 0.5) is 0 Å². The maximum absolute atomic E-state index is 9.17. The van der Waals surface area contributed by atoms with Crippen LogP contribution in [0.5, 0.6) is 11.5 Å². The van der Waals surface area contributed by atoms with Crippen LogP contribution in [0.25, 0.3) is 0 Å². The fourth-order valence-corrected chi connectivity index (χ4v) is 2.18. The largest absolute Gasteiger partial charge is 0.493 e. The summed E-state index contributed by atoms with van der Waals surface area (Å²) in [6.07, 6.45) is 0. The predicted octanol–water partition coefficient (Wildman–Crippen LogP) is 4.07. The Morgan fingerprint density at radius 1 is 1.10 bits per heavy atom. The van der Waals surface area contributed by atoms with Gasteiger partial charge in [-0.1, -0.05) is 35.3 Å². The van der Waals surface area contributed by atoms with Gasteiger partial charge in [0.05, 0.1) is 18.7 Å². The van der Waals surface area contributed by atoms with E-state index in [9.17, 15) is 5.11 Å². The van der Waals surface area contributed by atoms with Gasteiger partial charge in [0.15, 0.2) is 11.5 Å². The number of hydrogen-bond acceptors (Lipinski definition) is 3. The summed E-state index contributed by atoms with van der Waals surface area (Å²) in [5.41, 5.74) is 1.54. The Morgan fingerprint density at radius 3 is 2.55 bits per heavy atom. The van der Waals surface area contributed by atoms with Gasteiger partial charge in [0.25, 0.3) is 0 Å². The van der Waals surface area contributed by atoms with Gasteiger partial charge in [0.2, 0.25) is 0 Å². The molecule has 0 saturated heterocycles. The summed E-state index contributed by atoms with van der Waals surface area (Å²) in [5, 5.41) is 10.3. The first kappa shape index (κ1) is 15.0. The minimum atomic E-state index is -0.149. The number of ether oxygens (including phenoxy) is 2. The molecule has 2 rings (SSSR count). The van der Waals surface area contributed by atoms with Gasteiger partial charge >= 0.3 is 0 Å². The Kier molecular flexibility index (Phi) is 5.12. The number of rotatable bonds is 5. The number of hydrogen-bond donors (Lipinski definition) is 1. The topological polar surface area (TPSA) is 38.7 Å². The van der Waals surface area contributed by atoms with Gasteiger partial charge < -0.3 is 14.6 Å². The smallest absolute Gasteiger partial charge is 0.163 e. The summed E-state index contributed by atoms with van der Waals surface area (Å²) < 4.78 is 10.9. The first-order valence-electron chi connectivity index (χ1n) is 5.98. The van der Waals surface area contributed by atoms with Gasteiger partial charge in [-0.15, -0.1) is 0 Å². The zero-order chi connectivity index (χ0) is 14.5. The Morgan fingerprint density at radius 2 is 1.90 bits per heavy atom. The van der Waals surface area contributed by atoms with Crippen LogP contribution in [0.3, 0.4) is 0 Å². The van der Waals surface area contributed by atoms with E-state index in [1.54, 1.807) is 18.2 Å². The van der Waals surface area contributed by atoms with Crippen molar-refractivity contribution in [3.63, 3.8) is 0 Å². The van der Waals surface area contributed by atoms with Crippen molar-refractivity contribution in [2.45, 2.75) is 13.2 Å². The summed E-state index contributed by atoms with van der Waals surface area (Å²) >= 11 is 12.0. The number of methoxy groups -OCH3 is 1. The molecule has 0 atom stereocenters. The Hall–Kier alpha value is -1.42. The van der Waals surface area contributed by atoms with Gasteiger partial charge in [-0.3, -0.25) is 0 Å². The molecule has 2 aromatic rings. The first-order chi connectivity index (χ1) is 9.63. The van der Waals surface area contributed by atoms with Crippen LogP contribution in [-0.2, 0) is 13.2 Å². The molecule has 0 saturated carbocycles. The van der Waals surface area contributed by atoms with Crippen LogP contribution in [0, 0.1) is 0 Å². The van der Waals surface area contributed by atoms with E-state index in [4.69, 9.17) is 32.7 Å². The van der Waals surface area contributed by atoms with Crippen molar-refractivity contribution in [2.75, 3.05) is 7.11 Å². The number of aliphatic hydroxyl groups is 1. The van der Waals surface area contributed by atoms with Crippen LogP contribution in [0.15, 0.2) is 36.4 Å². The monoisotopic (exact) mass is 312 g/mol. The van der Waals surface area contributed by atoms with E-state index in [2.05, 4.69) is 0 Å². The van der Waals surface area contributed by atoms with Crippen molar-refractivity contribution < 1.29 is 14.6 Å². The van der Waals surface area contributed by atoms with Crippen LogP contribution >= 0.6 is 23.2 Å². The average Bonchev–Trinajstić information content (AvgIpc) is 2.45. The second-order valence-electron chi connectivity index (χ2n) is 4.17.